The summed E-state index contributed by atoms with van der Waals surface area (Å²) >= 11 is 6.45. The zero-order valence-electron chi connectivity index (χ0n) is 20.4. The second-order valence-corrected chi connectivity index (χ2v) is 10.0. The van der Waals surface area contributed by atoms with Crippen molar-refractivity contribution in [2.24, 2.45) is 7.05 Å². The lowest BCUT2D eigenvalue weighted by Crippen LogP contribution is -2.47. The van der Waals surface area contributed by atoms with E-state index in [4.69, 9.17) is 16.3 Å². The smallest absolute Gasteiger partial charge is 0.295 e. The van der Waals surface area contributed by atoms with Crippen LogP contribution in [0.15, 0.2) is 41.1 Å². The summed E-state index contributed by atoms with van der Waals surface area (Å²) in [5.41, 5.74) is 1.57. The van der Waals surface area contributed by atoms with E-state index >= 15 is 0 Å². The first-order valence-corrected chi connectivity index (χ1v) is 12.2. The number of piperidine rings is 1. The van der Waals surface area contributed by atoms with Gasteiger partial charge in [0.2, 0.25) is 11.7 Å². The Hall–Kier alpha value is -3.50. The van der Waals surface area contributed by atoms with Crippen LogP contribution in [-0.4, -0.2) is 49.5 Å². The van der Waals surface area contributed by atoms with Gasteiger partial charge < -0.3 is 35.1 Å². The molecule has 0 bridgehead atoms. The molecule has 3 aromatic rings. The molecular weight excluding hydrogens is 484 g/mol. The maximum atomic E-state index is 12.8. The molecule has 0 saturated carbocycles. The number of aromatic nitrogens is 3. The van der Waals surface area contributed by atoms with E-state index < -0.39 is 5.60 Å². The topological polar surface area (TPSA) is 125 Å². The van der Waals surface area contributed by atoms with Gasteiger partial charge in [-0.25, -0.2) is 4.98 Å². The lowest BCUT2D eigenvalue weighted by atomic mass is 9.87. The Morgan fingerprint density at radius 3 is 2.97 bits per heavy atom. The van der Waals surface area contributed by atoms with E-state index in [2.05, 4.69) is 20.6 Å². The predicted molar refractivity (Wildman–Crippen MR) is 141 cm³/mol. The van der Waals surface area contributed by atoms with Crippen LogP contribution in [0.5, 0.6) is 5.75 Å². The van der Waals surface area contributed by atoms with Gasteiger partial charge in [-0.15, -0.1) is 0 Å². The number of ether oxygens (including phenoxy) is 1. The van der Waals surface area contributed by atoms with Crippen LogP contribution in [-0.2, 0) is 7.05 Å². The van der Waals surface area contributed by atoms with E-state index in [-0.39, 0.29) is 18.0 Å². The third kappa shape index (κ3) is 4.31. The van der Waals surface area contributed by atoms with Crippen molar-refractivity contribution in [2.75, 3.05) is 28.7 Å². The van der Waals surface area contributed by atoms with Crippen LogP contribution in [0.2, 0.25) is 5.02 Å². The fraction of sp³-hybridized carbons (Fsp3) is 0.400. The minimum atomic E-state index is -0.932. The van der Waals surface area contributed by atoms with Crippen LogP contribution in [0, 0.1) is 0 Å². The van der Waals surface area contributed by atoms with Crippen LogP contribution >= 0.6 is 11.6 Å². The highest BCUT2D eigenvalue weighted by atomic mass is 35.5. The number of hydrogen-bond acceptors (Lipinski definition) is 9. The van der Waals surface area contributed by atoms with Gasteiger partial charge in [0.15, 0.2) is 5.82 Å². The molecular formula is C25H29ClN6O4. The van der Waals surface area contributed by atoms with Gasteiger partial charge in [-0.2, -0.15) is 4.98 Å². The van der Waals surface area contributed by atoms with Gasteiger partial charge in [0, 0.05) is 37.1 Å². The van der Waals surface area contributed by atoms with E-state index in [1.165, 1.54) is 6.20 Å². The average Bonchev–Trinajstić information content (AvgIpc) is 3.09. The molecule has 0 amide bonds. The van der Waals surface area contributed by atoms with Crippen LogP contribution in [0.25, 0.3) is 10.9 Å². The fourth-order valence-electron chi connectivity index (χ4n) is 5.06. The standard InChI is InChI=1S/C25H29ClN6O4/c1-14-10-25(2,35)11-16(13-33)32(14)24-28-12-18(26)22(30-24)29-15-5-6-19-17(9-15)20-21(23(34)31(19)3)36-8-4-7-27-20/h5-6,9,12-14,27,33,35H,4,7-8,10-11H2,1-3H3,(H,28,29,30)/b16-13+. The van der Waals surface area contributed by atoms with Gasteiger partial charge in [-0.05, 0) is 44.9 Å². The molecule has 2 unspecified atom stereocenters. The molecule has 4 N–H and O–H groups in total. The summed E-state index contributed by atoms with van der Waals surface area (Å²) in [5, 5.41) is 28.1. The van der Waals surface area contributed by atoms with Crippen LogP contribution in [0.3, 0.4) is 0 Å². The lowest BCUT2D eigenvalue weighted by molar-refractivity contribution is 0.0331. The van der Waals surface area contributed by atoms with Gasteiger partial charge in [-0.1, -0.05) is 11.6 Å². The molecule has 4 heterocycles. The number of rotatable bonds is 3. The van der Waals surface area contributed by atoms with Crippen molar-refractivity contribution in [2.45, 2.75) is 44.8 Å². The zero-order valence-corrected chi connectivity index (χ0v) is 21.1. The Morgan fingerprint density at radius 2 is 2.19 bits per heavy atom. The minimum absolute atomic E-state index is 0.148. The Morgan fingerprint density at radius 1 is 1.39 bits per heavy atom. The molecule has 2 aromatic heterocycles. The van der Waals surface area contributed by atoms with E-state index in [9.17, 15) is 15.0 Å². The molecule has 10 nitrogen and oxygen atoms in total. The summed E-state index contributed by atoms with van der Waals surface area (Å²) in [6.45, 7) is 4.87. The molecule has 0 radical (unpaired) electrons. The van der Waals surface area contributed by atoms with Crippen molar-refractivity contribution in [3.8, 4) is 5.75 Å². The number of halogens is 1. The molecule has 36 heavy (non-hydrogen) atoms. The molecule has 5 rings (SSSR count). The number of benzene rings is 1. The van der Waals surface area contributed by atoms with Gasteiger partial charge in [0.1, 0.15) is 5.02 Å². The van der Waals surface area contributed by atoms with Crippen molar-refractivity contribution >= 4 is 45.6 Å². The Kier molecular flexibility index (Phi) is 6.17. The van der Waals surface area contributed by atoms with E-state index in [0.717, 1.165) is 23.6 Å². The molecule has 0 aliphatic carbocycles. The fourth-order valence-corrected chi connectivity index (χ4v) is 5.19. The summed E-state index contributed by atoms with van der Waals surface area (Å²) < 4.78 is 7.35. The average molecular weight is 513 g/mol. The van der Waals surface area contributed by atoms with E-state index in [0.29, 0.717) is 59.2 Å². The predicted octanol–water partition coefficient (Wildman–Crippen LogP) is 4.06. The highest BCUT2D eigenvalue weighted by Gasteiger charge is 2.37. The third-order valence-corrected chi connectivity index (χ3v) is 6.91. The Labute approximate surface area is 213 Å². The first-order chi connectivity index (χ1) is 17.2. The summed E-state index contributed by atoms with van der Waals surface area (Å²) in [5.74, 6) is 1.07. The molecule has 2 atom stereocenters. The lowest BCUT2D eigenvalue weighted by Gasteiger charge is -2.42. The molecule has 0 spiro atoms. The third-order valence-electron chi connectivity index (χ3n) is 6.63. The van der Waals surface area contributed by atoms with Crippen LogP contribution in [0.4, 0.5) is 23.1 Å². The first kappa shape index (κ1) is 24.2. The van der Waals surface area contributed by atoms with Crippen molar-refractivity contribution < 1.29 is 14.9 Å². The molecule has 1 fully saturated rings. The second kappa shape index (κ2) is 9.18. The zero-order chi connectivity index (χ0) is 25.6. The summed E-state index contributed by atoms with van der Waals surface area (Å²) in [6.07, 6.45) is 4.05. The largest absolute Gasteiger partial charge is 0.514 e. The van der Waals surface area contributed by atoms with Crippen molar-refractivity contribution in [1.29, 1.82) is 0 Å². The normalized spacial score (nSPS) is 23.1. The highest BCUT2D eigenvalue weighted by Crippen LogP contribution is 2.37. The number of aryl methyl sites for hydroxylation is 1. The van der Waals surface area contributed by atoms with Crippen LogP contribution < -0.4 is 25.8 Å². The van der Waals surface area contributed by atoms with Crippen molar-refractivity contribution in [3.63, 3.8) is 0 Å². The number of hydrogen-bond donors (Lipinski definition) is 4. The van der Waals surface area contributed by atoms with Gasteiger partial charge >= 0.3 is 0 Å². The summed E-state index contributed by atoms with van der Waals surface area (Å²) in [6, 6.07) is 5.49. The van der Waals surface area contributed by atoms with E-state index in [1.807, 2.05) is 25.1 Å². The Bertz CT molecular complexity index is 1420. The maximum absolute atomic E-state index is 12.8. The minimum Gasteiger partial charge on any atom is -0.514 e. The summed E-state index contributed by atoms with van der Waals surface area (Å²) in [4.78, 5) is 23.6. The number of pyridine rings is 1. The summed E-state index contributed by atoms with van der Waals surface area (Å²) in [7, 11) is 1.73. The molecule has 2 aliphatic rings. The van der Waals surface area contributed by atoms with Gasteiger partial charge in [-0.3, -0.25) is 4.79 Å². The van der Waals surface area contributed by atoms with Gasteiger partial charge in [0.25, 0.3) is 5.56 Å². The molecule has 1 saturated heterocycles. The Balaban J connectivity index is 1.53. The number of anilines is 4. The number of nitrogens with one attached hydrogen (secondary N) is 2. The van der Waals surface area contributed by atoms with E-state index in [1.54, 1.807) is 23.4 Å². The van der Waals surface area contributed by atoms with Crippen molar-refractivity contribution in [1.82, 2.24) is 14.5 Å². The molecule has 1 aromatic carbocycles. The number of fused-ring (bicyclic) bond motifs is 3. The number of aliphatic hydroxyl groups excluding tert-OH is 1. The van der Waals surface area contributed by atoms with Crippen molar-refractivity contribution in [3.05, 3.63) is 51.7 Å². The van der Waals surface area contributed by atoms with Gasteiger partial charge in [0.05, 0.1) is 41.6 Å². The molecule has 2 aliphatic heterocycles. The monoisotopic (exact) mass is 512 g/mol. The molecule has 190 valence electrons. The maximum Gasteiger partial charge on any atom is 0.295 e. The number of aliphatic hydroxyl groups is 2. The van der Waals surface area contributed by atoms with Crippen LogP contribution in [0.1, 0.15) is 33.1 Å². The molecule has 11 heteroatoms. The number of nitrogens with zero attached hydrogens (tertiary/aromatic N) is 4. The highest BCUT2D eigenvalue weighted by molar-refractivity contribution is 6.33. The first-order valence-electron chi connectivity index (χ1n) is 11.9. The quantitative estimate of drug-likeness (QED) is 0.384. The second-order valence-electron chi connectivity index (χ2n) is 9.64. The SMILES string of the molecule is CC1CC(C)(O)C/C(=C\O)N1c1ncc(Cl)c(Nc2ccc3c(c2)c2c(c(=O)n3C)OCCCN2)n1.